The maximum absolute atomic E-state index is 12.0. The fourth-order valence-corrected chi connectivity index (χ4v) is 2.12. The van der Waals surface area contributed by atoms with Gasteiger partial charge >= 0.3 is 0 Å². The van der Waals surface area contributed by atoms with Gasteiger partial charge in [-0.1, -0.05) is 0 Å². The molecule has 0 N–H and O–H groups in total. The average Bonchev–Trinajstić information content (AvgIpc) is 3.12. The molecule has 1 aliphatic carbocycles. The molecule has 92 valence electrons. The van der Waals surface area contributed by atoms with E-state index in [0.717, 1.165) is 31.5 Å². The predicted molar refractivity (Wildman–Crippen MR) is 58.3 cm³/mol. The van der Waals surface area contributed by atoms with Crippen molar-refractivity contribution < 1.29 is 9.53 Å². The molecule has 6 heteroatoms. The zero-order chi connectivity index (χ0) is 11.7. The standard InChI is InChI=1S/C11H16N4O2/c16-10(8-3-5-17-6-4-8)7-15-13-11(12-14-15)9-1-2-9/h8-9H,1-7H2. The third-order valence-corrected chi connectivity index (χ3v) is 3.38. The van der Waals surface area contributed by atoms with Gasteiger partial charge in [-0.3, -0.25) is 4.79 Å². The van der Waals surface area contributed by atoms with E-state index in [1.165, 1.54) is 4.80 Å². The van der Waals surface area contributed by atoms with Crippen LogP contribution in [0.1, 0.15) is 37.4 Å². The number of carbonyl (C=O) groups excluding carboxylic acids is 1. The van der Waals surface area contributed by atoms with Crippen LogP contribution in [0, 0.1) is 5.92 Å². The van der Waals surface area contributed by atoms with E-state index in [1.807, 2.05) is 0 Å². The molecular weight excluding hydrogens is 220 g/mol. The van der Waals surface area contributed by atoms with E-state index in [-0.39, 0.29) is 18.2 Å². The second kappa shape index (κ2) is 4.52. The molecule has 1 aromatic rings. The number of hydrogen-bond acceptors (Lipinski definition) is 5. The summed E-state index contributed by atoms with van der Waals surface area (Å²) < 4.78 is 5.24. The van der Waals surface area contributed by atoms with Gasteiger partial charge in [0.25, 0.3) is 0 Å². The van der Waals surface area contributed by atoms with Crippen molar-refractivity contribution in [2.24, 2.45) is 5.92 Å². The number of ketones is 1. The Morgan fingerprint density at radius 1 is 1.29 bits per heavy atom. The van der Waals surface area contributed by atoms with Crippen molar-refractivity contribution in [1.82, 2.24) is 20.2 Å². The van der Waals surface area contributed by atoms with E-state index in [0.29, 0.717) is 19.1 Å². The molecule has 2 heterocycles. The van der Waals surface area contributed by atoms with Crippen molar-refractivity contribution in [2.75, 3.05) is 13.2 Å². The summed E-state index contributed by atoms with van der Waals surface area (Å²) in [6.45, 7) is 1.63. The van der Waals surface area contributed by atoms with E-state index in [4.69, 9.17) is 4.74 Å². The number of carbonyl (C=O) groups is 1. The van der Waals surface area contributed by atoms with Crippen LogP contribution in [-0.2, 0) is 16.1 Å². The highest BCUT2D eigenvalue weighted by atomic mass is 16.5. The first kappa shape index (κ1) is 10.8. The van der Waals surface area contributed by atoms with Crippen LogP contribution in [0.5, 0.6) is 0 Å². The van der Waals surface area contributed by atoms with Crippen LogP contribution >= 0.6 is 0 Å². The Hall–Kier alpha value is -1.30. The average molecular weight is 236 g/mol. The van der Waals surface area contributed by atoms with Crippen LogP contribution in [0.2, 0.25) is 0 Å². The number of nitrogens with zero attached hydrogens (tertiary/aromatic N) is 4. The summed E-state index contributed by atoms with van der Waals surface area (Å²) in [5, 5.41) is 12.2. The topological polar surface area (TPSA) is 69.9 Å². The Balaban J connectivity index is 1.58. The van der Waals surface area contributed by atoms with Crippen molar-refractivity contribution in [3.63, 3.8) is 0 Å². The van der Waals surface area contributed by atoms with E-state index in [1.54, 1.807) is 0 Å². The molecule has 1 saturated heterocycles. The summed E-state index contributed by atoms with van der Waals surface area (Å²) >= 11 is 0. The lowest BCUT2D eigenvalue weighted by Gasteiger charge is -2.20. The molecule has 1 aliphatic heterocycles. The first-order valence-corrected chi connectivity index (χ1v) is 6.21. The third-order valence-electron chi connectivity index (χ3n) is 3.38. The molecule has 6 nitrogen and oxygen atoms in total. The number of hydrogen-bond donors (Lipinski definition) is 0. The molecule has 1 saturated carbocycles. The van der Waals surface area contributed by atoms with Gasteiger partial charge in [-0.25, -0.2) is 0 Å². The summed E-state index contributed by atoms with van der Waals surface area (Å²) in [7, 11) is 0. The molecule has 0 amide bonds. The highest BCUT2D eigenvalue weighted by Gasteiger charge is 2.29. The molecule has 2 fully saturated rings. The summed E-state index contributed by atoms with van der Waals surface area (Å²) in [5.41, 5.74) is 0. The van der Waals surface area contributed by atoms with Crippen molar-refractivity contribution in [2.45, 2.75) is 38.1 Å². The molecule has 0 bridgehead atoms. The van der Waals surface area contributed by atoms with Gasteiger partial charge in [-0.15, -0.1) is 10.2 Å². The number of ether oxygens (including phenoxy) is 1. The van der Waals surface area contributed by atoms with Crippen molar-refractivity contribution >= 4 is 5.78 Å². The van der Waals surface area contributed by atoms with Gasteiger partial charge < -0.3 is 4.74 Å². The van der Waals surface area contributed by atoms with E-state index >= 15 is 0 Å². The maximum atomic E-state index is 12.0. The molecule has 0 spiro atoms. The third kappa shape index (κ3) is 2.52. The smallest absolute Gasteiger partial charge is 0.177 e. The molecule has 2 aliphatic rings. The van der Waals surface area contributed by atoms with Gasteiger partial charge in [0.05, 0.1) is 0 Å². The van der Waals surface area contributed by atoms with Gasteiger partial charge in [0, 0.05) is 25.0 Å². The number of rotatable bonds is 4. The van der Waals surface area contributed by atoms with E-state index < -0.39 is 0 Å². The summed E-state index contributed by atoms with van der Waals surface area (Å²) in [5.74, 6) is 1.60. The van der Waals surface area contributed by atoms with Crippen LogP contribution < -0.4 is 0 Å². The molecule has 3 rings (SSSR count). The van der Waals surface area contributed by atoms with Crippen molar-refractivity contribution in [3.8, 4) is 0 Å². The predicted octanol–water partition coefficient (Wildman–Crippen LogP) is 0.546. The number of aromatic nitrogens is 4. The van der Waals surface area contributed by atoms with E-state index in [2.05, 4.69) is 15.4 Å². The fraction of sp³-hybridized carbons (Fsp3) is 0.818. The van der Waals surface area contributed by atoms with Gasteiger partial charge in [0.15, 0.2) is 11.6 Å². The Morgan fingerprint density at radius 3 is 2.76 bits per heavy atom. The zero-order valence-electron chi connectivity index (χ0n) is 9.71. The normalized spacial score (nSPS) is 21.6. The molecule has 0 radical (unpaired) electrons. The largest absolute Gasteiger partial charge is 0.381 e. The second-order valence-electron chi connectivity index (χ2n) is 4.81. The SMILES string of the molecule is O=C(Cn1nnc(C2CC2)n1)C1CCOCC1. The van der Waals surface area contributed by atoms with Crippen LogP contribution in [0.4, 0.5) is 0 Å². The monoisotopic (exact) mass is 236 g/mol. The molecule has 1 aromatic heterocycles. The van der Waals surface area contributed by atoms with Crippen molar-refractivity contribution in [3.05, 3.63) is 5.82 Å². The van der Waals surface area contributed by atoms with Crippen LogP contribution in [0.25, 0.3) is 0 Å². The Kier molecular flexibility index (Phi) is 2.88. The summed E-state index contributed by atoms with van der Waals surface area (Å²) in [6.07, 6.45) is 3.95. The van der Waals surface area contributed by atoms with Crippen LogP contribution in [-0.4, -0.2) is 39.2 Å². The molecular formula is C11H16N4O2. The van der Waals surface area contributed by atoms with Gasteiger partial charge in [0.2, 0.25) is 0 Å². The molecule has 0 aromatic carbocycles. The first-order valence-electron chi connectivity index (χ1n) is 6.21. The van der Waals surface area contributed by atoms with Crippen LogP contribution in [0.3, 0.4) is 0 Å². The lowest BCUT2D eigenvalue weighted by Crippen LogP contribution is -2.27. The Morgan fingerprint density at radius 2 is 2.06 bits per heavy atom. The second-order valence-corrected chi connectivity index (χ2v) is 4.81. The Labute approximate surface area is 99.3 Å². The number of tetrazole rings is 1. The van der Waals surface area contributed by atoms with Crippen molar-refractivity contribution in [1.29, 1.82) is 0 Å². The molecule has 0 unspecified atom stereocenters. The van der Waals surface area contributed by atoms with Crippen LogP contribution in [0.15, 0.2) is 0 Å². The summed E-state index contributed by atoms with van der Waals surface area (Å²) in [4.78, 5) is 13.4. The molecule has 0 atom stereocenters. The van der Waals surface area contributed by atoms with Gasteiger partial charge in [0.1, 0.15) is 6.54 Å². The number of Topliss-reactive ketones (excluding diaryl/α,β-unsaturated/α-hetero) is 1. The van der Waals surface area contributed by atoms with Gasteiger partial charge in [-0.05, 0) is 30.9 Å². The minimum atomic E-state index is 0.110. The Bertz CT molecular complexity index is 407. The minimum absolute atomic E-state index is 0.110. The lowest BCUT2D eigenvalue weighted by molar-refractivity contribution is -0.126. The molecule has 17 heavy (non-hydrogen) atoms. The highest BCUT2D eigenvalue weighted by Crippen LogP contribution is 2.37. The van der Waals surface area contributed by atoms with Gasteiger partial charge in [-0.2, -0.15) is 4.80 Å². The maximum Gasteiger partial charge on any atom is 0.177 e. The van der Waals surface area contributed by atoms with E-state index in [9.17, 15) is 4.79 Å². The summed E-state index contributed by atoms with van der Waals surface area (Å²) in [6, 6.07) is 0. The zero-order valence-corrected chi connectivity index (χ0v) is 9.71. The quantitative estimate of drug-likeness (QED) is 0.763. The highest BCUT2D eigenvalue weighted by molar-refractivity contribution is 5.80. The first-order chi connectivity index (χ1) is 8.33. The minimum Gasteiger partial charge on any atom is -0.381 e. The lowest BCUT2D eigenvalue weighted by atomic mass is 9.95. The fourth-order valence-electron chi connectivity index (χ4n) is 2.12.